The molecule has 4 N–H and O–H groups in total. The molecule has 0 aromatic rings. The van der Waals surface area contributed by atoms with Crippen molar-refractivity contribution in [1.82, 2.24) is 0 Å². The van der Waals surface area contributed by atoms with Gasteiger partial charge in [0.15, 0.2) is 0 Å². The molecule has 0 spiro atoms. The lowest BCUT2D eigenvalue weighted by atomic mass is 9.47. The average Bonchev–Trinajstić information content (AvgIpc) is 2.76. The summed E-state index contributed by atoms with van der Waals surface area (Å²) in [6.07, 6.45) is 11.2. The van der Waals surface area contributed by atoms with Crippen LogP contribution in [0.5, 0.6) is 0 Å². The molecule has 3 fully saturated rings. The standard InChI is InChI=1S/C19H30O2.H2O/c1-18-9-7-13(20)11-12(18)3-4-14-15-5-6-17(21)19(15,2)10-8-16(14)18;/h11,13-17,20-21H,3-10H2,1-2H3;1H2/t13-,14-,15-,16-,17-,18-,19-;/m0./s1. The highest BCUT2D eigenvalue weighted by Crippen LogP contribution is 2.65. The number of aliphatic hydroxyl groups is 2. The van der Waals surface area contributed by atoms with E-state index in [1.54, 1.807) is 5.57 Å². The lowest BCUT2D eigenvalue weighted by Crippen LogP contribution is -2.51. The van der Waals surface area contributed by atoms with Crippen LogP contribution in [0.25, 0.3) is 0 Å². The van der Waals surface area contributed by atoms with Crippen LogP contribution in [0.3, 0.4) is 0 Å². The first-order valence-corrected chi connectivity index (χ1v) is 9.02. The first-order chi connectivity index (χ1) is 9.95. The third kappa shape index (κ3) is 2.05. The Kier molecular flexibility index (Phi) is 3.99. The quantitative estimate of drug-likeness (QED) is 0.675. The Hall–Kier alpha value is -0.380. The molecular formula is C19H32O3. The van der Waals surface area contributed by atoms with Gasteiger partial charge in [-0.05, 0) is 80.0 Å². The van der Waals surface area contributed by atoms with Crippen molar-refractivity contribution < 1.29 is 15.7 Å². The van der Waals surface area contributed by atoms with Crippen molar-refractivity contribution in [1.29, 1.82) is 0 Å². The Morgan fingerprint density at radius 3 is 2.50 bits per heavy atom. The van der Waals surface area contributed by atoms with Gasteiger partial charge in [-0.15, -0.1) is 0 Å². The van der Waals surface area contributed by atoms with Crippen molar-refractivity contribution in [2.24, 2.45) is 28.6 Å². The lowest BCUT2D eigenvalue weighted by Gasteiger charge is -2.58. The van der Waals surface area contributed by atoms with Gasteiger partial charge in [-0.1, -0.05) is 25.5 Å². The maximum Gasteiger partial charge on any atom is 0.0724 e. The van der Waals surface area contributed by atoms with Crippen molar-refractivity contribution in [3.63, 3.8) is 0 Å². The first-order valence-electron chi connectivity index (χ1n) is 9.02. The van der Waals surface area contributed by atoms with Crippen molar-refractivity contribution in [2.75, 3.05) is 0 Å². The average molecular weight is 308 g/mol. The van der Waals surface area contributed by atoms with E-state index in [0.717, 1.165) is 37.0 Å². The van der Waals surface area contributed by atoms with Gasteiger partial charge in [0.2, 0.25) is 0 Å². The third-order valence-electron chi connectivity index (χ3n) is 8.04. The zero-order valence-corrected chi connectivity index (χ0v) is 14.0. The van der Waals surface area contributed by atoms with Gasteiger partial charge < -0.3 is 15.7 Å². The van der Waals surface area contributed by atoms with Crippen LogP contribution >= 0.6 is 0 Å². The minimum absolute atomic E-state index is 0. The van der Waals surface area contributed by atoms with Crippen LogP contribution in [0.2, 0.25) is 0 Å². The Labute approximate surface area is 134 Å². The SMILES string of the molecule is C[C@]12CC[C@H]3[C@@H](CCC4=C[C@@H](O)CC[C@@]43C)[C@@H]1CC[C@@H]2O.O. The van der Waals surface area contributed by atoms with Crippen LogP contribution in [-0.2, 0) is 0 Å². The fourth-order valence-electron chi connectivity index (χ4n) is 6.68. The predicted octanol–water partition coefficient (Wildman–Crippen LogP) is 2.85. The zero-order chi connectivity index (χ0) is 14.8. The molecule has 3 heteroatoms. The summed E-state index contributed by atoms with van der Waals surface area (Å²) >= 11 is 0. The van der Waals surface area contributed by atoms with Gasteiger partial charge in [0.05, 0.1) is 12.2 Å². The Morgan fingerprint density at radius 2 is 1.73 bits per heavy atom. The molecule has 0 aliphatic heterocycles. The molecule has 4 rings (SSSR count). The van der Waals surface area contributed by atoms with Gasteiger partial charge in [0.25, 0.3) is 0 Å². The summed E-state index contributed by atoms with van der Waals surface area (Å²) in [5, 5.41) is 20.4. The van der Waals surface area contributed by atoms with Crippen LogP contribution < -0.4 is 0 Å². The van der Waals surface area contributed by atoms with Crippen LogP contribution in [-0.4, -0.2) is 27.9 Å². The second kappa shape index (κ2) is 5.32. The molecule has 4 aliphatic rings. The molecule has 0 heterocycles. The third-order valence-corrected chi connectivity index (χ3v) is 8.04. The van der Waals surface area contributed by atoms with E-state index in [9.17, 15) is 10.2 Å². The summed E-state index contributed by atoms with van der Waals surface area (Å²) in [5.74, 6) is 2.32. The van der Waals surface area contributed by atoms with E-state index >= 15 is 0 Å². The lowest BCUT2D eigenvalue weighted by molar-refractivity contribution is -0.0761. The minimum atomic E-state index is -0.202. The summed E-state index contributed by atoms with van der Waals surface area (Å²) < 4.78 is 0. The van der Waals surface area contributed by atoms with Gasteiger partial charge in [0.1, 0.15) is 0 Å². The van der Waals surface area contributed by atoms with E-state index in [-0.39, 0.29) is 23.1 Å². The number of aliphatic hydroxyl groups excluding tert-OH is 2. The second-order valence-corrected chi connectivity index (χ2v) is 8.77. The summed E-state index contributed by atoms with van der Waals surface area (Å²) in [4.78, 5) is 0. The van der Waals surface area contributed by atoms with Gasteiger partial charge in [-0.25, -0.2) is 0 Å². The van der Waals surface area contributed by atoms with Crippen molar-refractivity contribution >= 4 is 0 Å². The zero-order valence-electron chi connectivity index (χ0n) is 14.0. The molecule has 126 valence electrons. The fourth-order valence-corrected chi connectivity index (χ4v) is 6.68. The van der Waals surface area contributed by atoms with Crippen LogP contribution in [0, 0.1) is 28.6 Å². The monoisotopic (exact) mass is 308 g/mol. The van der Waals surface area contributed by atoms with Gasteiger partial charge in [-0.3, -0.25) is 0 Å². The van der Waals surface area contributed by atoms with E-state index < -0.39 is 0 Å². The minimum Gasteiger partial charge on any atom is -0.412 e. The molecule has 7 atom stereocenters. The van der Waals surface area contributed by atoms with Gasteiger partial charge in [-0.2, -0.15) is 0 Å². The molecule has 3 nitrogen and oxygen atoms in total. The van der Waals surface area contributed by atoms with E-state index in [4.69, 9.17) is 0 Å². The highest BCUT2D eigenvalue weighted by Gasteiger charge is 2.58. The van der Waals surface area contributed by atoms with Gasteiger partial charge >= 0.3 is 0 Å². The summed E-state index contributed by atoms with van der Waals surface area (Å²) in [7, 11) is 0. The Bertz CT molecular complexity index is 473. The number of allylic oxidation sites excluding steroid dienone is 1. The van der Waals surface area contributed by atoms with Crippen molar-refractivity contribution in [3.05, 3.63) is 11.6 Å². The molecule has 0 radical (unpaired) electrons. The van der Waals surface area contributed by atoms with Crippen LogP contribution in [0.15, 0.2) is 11.6 Å². The topological polar surface area (TPSA) is 72.0 Å². The molecule has 0 unspecified atom stereocenters. The Morgan fingerprint density at radius 1 is 0.955 bits per heavy atom. The summed E-state index contributed by atoms with van der Waals surface area (Å²) in [6, 6.07) is 0. The smallest absolute Gasteiger partial charge is 0.0724 e. The summed E-state index contributed by atoms with van der Waals surface area (Å²) in [5.41, 5.74) is 2.06. The Balaban J connectivity index is 0.00000144. The van der Waals surface area contributed by atoms with E-state index in [1.165, 1.54) is 32.1 Å². The molecule has 3 saturated carbocycles. The normalized spacial score (nSPS) is 53.6. The highest BCUT2D eigenvalue weighted by molar-refractivity contribution is 5.25. The van der Waals surface area contributed by atoms with Crippen LogP contribution in [0.1, 0.15) is 65.2 Å². The molecule has 0 saturated heterocycles. The summed E-state index contributed by atoms with van der Waals surface area (Å²) in [6.45, 7) is 4.82. The molecule has 22 heavy (non-hydrogen) atoms. The molecule has 0 bridgehead atoms. The maximum atomic E-state index is 10.5. The largest absolute Gasteiger partial charge is 0.412 e. The van der Waals surface area contributed by atoms with E-state index in [1.807, 2.05) is 0 Å². The molecule has 0 amide bonds. The number of hydrogen-bond donors (Lipinski definition) is 2. The fraction of sp³-hybridized carbons (Fsp3) is 0.895. The molecular weight excluding hydrogens is 276 g/mol. The first kappa shape index (κ1) is 16.5. The number of fused-ring (bicyclic) bond motifs is 5. The highest BCUT2D eigenvalue weighted by atomic mass is 16.3. The number of hydrogen-bond acceptors (Lipinski definition) is 2. The van der Waals surface area contributed by atoms with E-state index in [0.29, 0.717) is 5.41 Å². The predicted molar refractivity (Wildman–Crippen MR) is 87.3 cm³/mol. The second-order valence-electron chi connectivity index (χ2n) is 8.77. The van der Waals surface area contributed by atoms with Crippen LogP contribution in [0.4, 0.5) is 0 Å². The van der Waals surface area contributed by atoms with Gasteiger partial charge in [0, 0.05) is 0 Å². The number of rotatable bonds is 0. The molecule has 0 aromatic carbocycles. The van der Waals surface area contributed by atoms with Crippen molar-refractivity contribution in [3.8, 4) is 0 Å². The maximum absolute atomic E-state index is 10.5. The molecule has 4 aliphatic carbocycles. The molecule has 0 aromatic heterocycles. The van der Waals surface area contributed by atoms with E-state index in [2.05, 4.69) is 19.9 Å². The van der Waals surface area contributed by atoms with Crippen molar-refractivity contribution in [2.45, 2.75) is 77.4 Å².